The van der Waals surface area contributed by atoms with Crippen molar-refractivity contribution in [1.29, 1.82) is 5.26 Å². The maximum absolute atomic E-state index is 14.0. The van der Waals surface area contributed by atoms with E-state index in [4.69, 9.17) is 23.4 Å². The summed E-state index contributed by atoms with van der Waals surface area (Å²) in [5.74, 6) is 1.45. The maximum atomic E-state index is 14.0. The molecule has 4 aromatic rings. The van der Waals surface area contributed by atoms with Gasteiger partial charge in [0.05, 0.1) is 61.4 Å². The summed E-state index contributed by atoms with van der Waals surface area (Å²) in [6, 6.07) is 15.3. The Hall–Kier alpha value is -5.08. The topological polar surface area (TPSA) is 125 Å². The average molecular weight is 586 g/mol. The number of allylic oxidation sites excluding steroid dienone is 1. The zero-order valence-electron chi connectivity index (χ0n) is 23.6. The number of esters is 1. The minimum absolute atomic E-state index is 0.151. The Morgan fingerprint density at radius 3 is 2.48 bits per heavy atom. The third-order valence-electron chi connectivity index (χ3n) is 6.73. The highest BCUT2D eigenvalue weighted by Crippen LogP contribution is 2.42. The van der Waals surface area contributed by atoms with E-state index in [0.717, 1.165) is 0 Å². The van der Waals surface area contributed by atoms with Crippen molar-refractivity contribution in [2.24, 2.45) is 4.99 Å². The van der Waals surface area contributed by atoms with Crippen LogP contribution in [0.15, 0.2) is 74.0 Å². The molecule has 2 aromatic heterocycles. The molecule has 1 atom stereocenters. The van der Waals surface area contributed by atoms with Crippen LogP contribution in [0.25, 0.3) is 17.4 Å². The SMILES string of the molecule is CCOC(=O)C1=C(C)N=c2s/c(=C/c3ccc(-c4ccccc4C#N)o3)c(=O)n2C1c1cc(OC)c(OC)c(OC)c1. The van der Waals surface area contributed by atoms with E-state index in [0.29, 0.717) is 60.5 Å². The first kappa shape index (κ1) is 28.4. The number of hydrogen-bond donors (Lipinski definition) is 0. The Kier molecular flexibility index (Phi) is 7.99. The molecule has 42 heavy (non-hydrogen) atoms. The van der Waals surface area contributed by atoms with Crippen molar-refractivity contribution in [3.05, 3.63) is 96.4 Å². The van der Waals surface area contributed by atoms with Crippen LogP contribution in [-0.4, -0.2) is 38.5 Å². The van der Waals surface area contributed by atoms with Gasteiger partial charge in [0.1, 0.15) is 11.5 Å². The van der Waals surface area contributed by atoms with E-state index in [2.05, 4.69) is 11.1 Å². The lowest BCUT2D eigenvalue weighted by Gasteiger charge is -2.26. The molecule has 5 rings (SSSR count). The van der Waals surface area contributed by atoms with Crippen molar-refractivity contribution in [2.45, 2.75) is 19.9 Å². The van der Waals surface area contributed by atoms with Gasteiger partial charge in [-0.2, -0.15) is 5.26 Å². The second-order valence-corrected chi connectivity index (χ2v) is 10.1. The summed E-state index contributed by atoms with van der Waals surface area (Å²) < 4.78 is 29.8. The first-order valence-electron chi connectivity index (χ1n) is 12.9. The molecule has 0 N–H and O–H groups in total. The molecule has 1 aliphatic rings. The van der Waals surface area contributed by atoms with E-state index in [1.165, 1.54) is 37.2 Å². The number of thiazole rings is 1. The van der Waals surface area contributed by atoms with Crippen LogP contribution in [-0.2, 0) is 9.53 Å². The number of hydrogen-bond acceptors (Lipinski definition) is 10. The number of aromatic nitrogens is 1. The molecular weight excluding hydrogens is 558 g/mol. The minimum Gasteiger partial charge on any atom is -0.493 e. The molecular formula is C31H27N3O7S. The Morgan fingerprint density at radius 2 is 1.83 bits per heavy atom. The van der Waals surface area contributed by atoms with Crippen LogP contribution in [0.3, 0.4) is 0 Å². The van der Waals surface area contributed by atoms with Crippen LogP contribution in [0, 0.1) is 11.3 Å². The van der Waals surface area contributed by atoms with Crippen LogP contribution in [0.2, 0.25) is 0 Å². The number of benzene rings is 2. The molecule has 0 aliphatic carbocycles. The molecule has 0 radical (unpaired) electrons. The lowest BCUT2D eigenvalue weighted by atomic mass is 9.95. The highest BCUT2D eigenvalue weighted by molar-refractivity contribution is 7.07. The molecule has 0 spiro atoms. The van der Waals surface area contributed by atoms with Crippen molar-refractivity contribution in [3.8, 4) is 34.6 Å². The van der Waals surface area contributed by atoms with Gasteiger partial charge in [0, 0.05) is 11.6 Å². The van der Waals surface area contributed by atoms with Gasteiger partial charge in [-0.05, 0) is 55.8 Å². The summed E-state index contributed by atoms with van der Waals surface area (Å²) in [5, 5.41) is 9.47. The van der Waals surface area contributed by atoms with Crippen LogP contribution >= 0.6 is 11.3 Å². The van der Waals surface area contributed by atoms with Gasteiger partial charge in [-0.25, -0.2) is 9.79 Å². The molecule has 1 aliphatic heterocycles. The smallest absolute Gasteiger partial charge is 0.338 e. The highest BCUT2D eigenvalue weighted by atomic mass is 32.1. The Labute approximate surface area is 245 Å². The normalized spacial score (nSPS) is 14.6. The number of carbonyl (C=O) groups excluding carboxylic acids is 1. The van der Waals surface area contributed by atoms with Crippen LogP contribution in [0.1, 0.15) is 36.8 Å². The first-order valence-corrected chi connectivity index (χ1v) is 13.8. The van der Waals surface area contributed by atoms with Gasteiger partial charge in [-0.1, -0.05) is 23.5 Å². The van der Waals surface area contributed by atoms with E-state index in [1.54, 1.807) is 62.4 Å². The standard InChI is InChI=1S/C31H27N3O7S/c1-6-40-30(36)26-17(2)33-31-34(27(26)19-13-23(37-3)28(39-5)24(14-19)38-4)29(35)25(42-31)15-20-11-12-22(41-20)21-10-8-7-9-18(21)16-32/h7-15,27H,6H2,1-5H3/b25-15+. The number of furan rings is 1. The Morgan fingerprint density at radius 1 is 1.12 bits per heavy atom. The van der Waals surface area contributed by atoms with Gasteiger partial charge in [-0.3, -0.25) is 9.36 Å². The summed E-state index contributed by atoms with van der Waals surface area (Å²) >= 11 is 1.17. The van der Waals surface area contributed by atoms with Gasteiger partial charge in [-0.15, -0.1) is 0 Å². The number of methoxy groups -OCH3 is 3. The van der Waals surface area contributed by atoms with Crippen LogP contribution < -0.4 is 29.1 Å². The predicted octanol–water partition coefficient (Wildman–Crippen LogP) is 3.96. The molecule has 1 unspecified atom stereocenters. The molecule has 3 heterocycles. The predicted molar refractivity (Wildman–Crippen MR) is 155 cm³/mol. The molecule has 0 saturated heterocycles. The fourth-order valence-electron chi connectivity index (χ4n) is 4.87. The van der Waals surface area contributed by atoms with Crippen LogP contribution in [0.4, 0.5) is 0 Å². The summed E-state index contributed by atoms with van der Waals surface area (Å²) in [6.07, 6.45) is 1.62. The molecule has 10 nitrogen and oxygen atoms in total. The lowest BCUT2D eigenvalue weighted by molar-refractivity contribution is -0.139. The fourth-order valence-corrected chi connectivity index (χ4v) is 5.89. The number of ether oxygens (including phenoxy) is 4. The maximum Gasteiger partial charge on any atom is 0.338 e. The molecule has 0 amide bonds. The summed E-state index contributed by atoms with van der Waals surface area (Å²) in [6.45, 7) is 3.57. The van der Waals surface area contributed by atoms with E-state index in [9.17, 15) is 14.9 Å². The summed E-state index contributed by atoms with van der Waals surface area (Å²) in [5.41, 5.74) is 1.94. The lowest BCUT2D eigenvalue weighted by Crippen LogP contribution is -2.40. The van der Waals surface area contributed by atoms with Crippen molar-refractivity contribution in [3.63, 3.8) is 0 Å². The van der Waals surface area contributed by atoms with Crippen molar-refractivity contribution in [1.82, 2.24) is 4.57 Å². The Balaban J connectivity index is 1.70. The largest absolute Gasteiger partial charge is 0.493 e. The van der Waals surface area contributed by atoms with Gasteiger partial charge in [0.15, 0.2) is 16.3 Å². The van der Waals surface area contributed by atoms with Gasteiger partial charge >= 0.3 is 5.97 Å². The minimum atomic E-state index is -0.883. The van der Waals surface area contributed by atoms with Crippen LogP contribution in [0.5, 0.6) is 17.2 Å². The Bertz CT molecular complexity index is 1920. The monoisotopic (exact) mass is 585 g/mol. The average Bonchev–Trinajstić information content (AvgIpc) is 3.59. The van der Waals surface area contributed by atoms with Gasteiger partial charge in [0.2, 0.25) is 5.75 Å². The molecule has 0 bridgehead atoms. The number of carbonyl (C=O) groups is 1. The highest BCUT2D eigenvalue weighted by Gasteiger charge is 2.34. The van der Waals surface area contributed by atoms with Crippen molar-refractivity contribution in [2.75, 3.05) is 27.9 Å². The molecule has 0 fully saturated rings. The fraction of sp³-hybridized carbons (Fsp3) is 0.226. The zero-order chi connectivity index (χ0) is 30.0. The summed E-state index contributed by atoms with van der Waals surface area (Å²) in [4.78, 5) is 32.2. The van der Waals surface area contributed by atoms with Crippen molar-refractivity contribution >= 4 is 23.4 Å². The van der Waals surface area contributed by atoms with Gasteiger partial charge in [0.25, 0.3) is 5.56 Å². The first-order chi connectivity index (χ1) is 20.3. The van der Waals surface area contributed by atoms with E-state index in [-0.39, 0.29) is 17.7 Å². The van der Waals surface area contributed by atoms with E-state index >= 15 is 0 Å². The number of nitriles is 1. The molecule has 2 aromatic carbocycles. The van der Waals surface area contributed by atoms with Gasteiger partial charge < -0.3 is 23.4 Å². The second kappa shape index (κ2) is 11.8. The number of fused-ring (bicyclic) bond motifs is 1. The molecule has 214 valence electrons. The molecule has 0 saturated carbocycles. The van der Waals surface area contributed by atoms with E-state index in [1.807, 2.05) is 6.07 Å². The quantitative estimate of drug-likeness (QED) is 0.285. The number of nitrogens with zero attached hydrogens (tertiary/aromatic N) is 3. The third kappa shape index (κ3) is 4.97. The van der Waals surface area contributed by atoms with Crippen molar-refractivity contribution < 1.29 is 28.2 Å². The number of rotatable bonds is 8. The zero-order valence-corrected chi connectivity index (χ0v) is 24.4. The van der Waals surface area contributed by atoms with E-state index < -0.39 is 12.0 Å². The second-order valence-electron chi connectivity index (χ2n) is 9.12. The summed E-state index contributed by atoms with van der Waals surface area (Å²) in [7, 11) is 4.48. The third-order valence-corrected chi connectivity index (χ3v) is 7.72. The molecule has 11 heteroatoms.